The summed E-state index contributed by atoms with van der Waals surface area (Å²) in [5.41, 5.74) is 1.03. The van der Waals surface area contributed by atoms with Gasteiger partial charge in [-0.3, -0.25) is 4.90 Å². The van der Waals surface area contributed by atoms with E-state index in [1.165, 1.54) is 6.33 Å². The summed E-state index contributed by atoms with van der Waals surface area (Å²) in [5.74, 6) is 1.45. The Morgan fingerprint density at radius 2 is 2.09 bits per heavy atom. The Morgan fingerprint density at radius 1 is 1.22 bits per heavy atom. The first-order chi connectivity index (χ1) is 15.5. The average Bonchev–Trinajstić information content (AvgIpc) is 2.78. The molecular weight excluding hydrogens is 477 g/mol. The maximum absolute atomic E-state index is 14.5. The minimum Gasteiger partial charge on any atom is -0.486 e. The highest BCUT2D eigenvalue weighted by Crippen LogP contribution is 2.38. The monoisotopic (exact) mass is 501 g/mol. The van der Waals surface area contributed by atoms with Gasteiger partial charge in [0.05, 0.1) is 15.7 Å². The molecule has 0 saturated carbocycles. The van der Waals surface area contributed by atoms with Crippen LogP contribution < -0.4 is 14.8 Å². The molecule has 1 fully saturated rings. The van der Waals surface area contributed by atoms with Crippen molar-refractivity contribution in [2.75, 3.05) is 45.2 Å². The number of piperazine rings is 1. The summed E-state index contributed by atoms with van der Waals surface area (Å²) < 4.78 is 27.2. The Labute approximate surface area is 194 Å². The summed E-state index contributed by atoms with van der Waals surface area (Å²) in [4.78, 5) is 13.5. The van der Waals surface area contributed by atoms with Crippen molar-refractivity contribution < 1.29 is 13.9 Å². The number of anilines is 2. The fraction of sp³-hybridized carbons (Fsp3) is 0.391. The van der Waals surface area contributed by atoms with E-state index in [-0.39, 0.29) is 11.9 Å². The van der Waals surface area contributed by atoms with Crippen molar-refractivity contribution >= 4 is 38.3 Å². The Hall–Kier alpha value is -2.49. The number of hydrogen-bond acceptors (Lipinski definition) is 7. The summed E-state index contributed by atoms with van der Waals surface area (Å²) in [5, 5.41) is 3.82. The molecule has 32 heavy (non-hydrogen) atoms. The molecule has 0 radical (unpaired) electrons. The summed E-state index contributed by atoms with van der Waals surface area (Å²) in [6, 6.07) is 9.29. The highest BCUT2D eigenvalue weighted by Gasteiger charge is 2.28. The van der Waals surface area contributed by atoms with Gasteiger partial charge in [0.15, 0.2) is 17.3 Å². The lowest BCUT2D eigenvalue weighted by Crippen LogP contribution is -2.54. The second-order valence-electron chi connectivity index (χ2n) is 8.42. The number of ether oxygens (including phenoxy) is 2. The molecule has 3 aromatic rings. The number of hydrogen-bond donors (Lipinski definition) is 1. The van der Waals surface area contributed by atoms with E-state index in [0.717, 1.165) is 31.6 Å². The van der Waals surface area contributed by atoms with Crippen LogP contribution >= 0.6 is 15.9 Å². The molecule has 0 amide bonds. The lowest BCUT2D eigenvalue weighted by molar-refractivity contribution is 0.0238. The third-order valence-electron chi connectivity index (χ3n) is 6.03. The zero-order chi connectivity index (χ0) is 22.2. The molecule has 2 aromatic carbocycles. The Kier molecular flexibility index (Phi) is 5.88. The van der Waals surface area contributed by atoms with Crippen molar-refractivity contribution in [2.24, 2.45) is 0 Å². The van der Waals surface area contributed by atoms with Crippen LogP contribution in [0.25, 0.3) is 10.9 Å². The molecule has 9 heteroatoms. The van der Waals surface area contributed by atoms with Crippen LogP contribution in [0, 0.1) is 5.82 Å². The van der Waals surface area contributed by atoms with Gasteiger partial charge in [-0.15, -0.1) is 0 Å². The van der Waals surface area contributed by atoms with E-state index in [2.05, 4.69) is 55.0 Å². The summed E-state index contributed by atoms with van der Waals surface area (Å²) in [6.45, 7) is 6.67. The van der Waals surface area contributed by atoms with Crippen molar-refractivity contribution in [3.8, 4) is 11.5 Å². The van der Waals surface area contributed by atoms with Gasteiger partial charge in [0, 0.05) is 43.7 Å². The maximum atomic E-state index is 14.5. The number of nitrogens with zero attached hydrogens (tertiary/aromatic N) is 4. The van der Waals surface area contributed by atoms with Crippen LogP contribution in [0.15, 0.2) is 41.1 Å². The van der Waals surface area contributed by atoms with Crippen LogP contribution in [0.4, 0.5) is 15.9 Å². The first-order valence-electron chi connectivity index (χ1n) is 10.7. The lowest BCUT2D eigenvalue weighted by atomic mass is 10.1. The Bertz CT molecular complexity index is 1150. The van der Waals surface area contributed by atoms with E-state index in [9.17, 15) is 4.39 Å². The van der Waals surface area contributed by atoms with Crippen molar-refractivity contribution in [2.45, 2.75) is 19.1 Å². The highest BCUT2D eigenvalue weighted by atomic mass is 79.9. The van der Waals surface area contributed by atoms with E-state index < -0.39 is 0 Å². The number of fused-ring (bicyclic) bond motifs is 2. The SMILES string of the molecule is C[C@@H]1CN(C)CCN1C[C@H]1COc2cc3ncnc(Nc4cccc(Br)c4F)c3cc2O1. The summed E-state index contributed by atoms with van der Waals surface area (Å²) in [7, 11) is 2.16. The predicted molar refractivity (Wildman–Crippen MR) is 125 cm³/mol. The van der Waals surface area contributed by atoms with E-state index in [0.29, 0.717) is 45.6 Å². The van der Waals surface area contributed by atoms with E-state index in [1.54, 1.807) is 18.2 Å². The number of rotatable bonds is 4. The minimum atomic E-state index is -0.377. The molecule has 7 nitrogen and oxygen atoms in total. The minimum absolute atomic E-state index is 0.0608. The zero-order valence-corrected chi connectivity index (χ0v) is 19.6. The molecule has 1 saturated heterocycles. The van der Waals surface area contributed by atoms with Gasteiger partial charge in [-0.05, 0) is 48.1 Å². The number of aromatic nitrogens is 2. The Balaban J connectivity index is 1.40. The molecule has 0 spiro atoms. The first kappa shape index (κ1) is 21.4. The topological polar surface area (TPSA) is 62.8 Å². The molecule has 3 heterocycles. The molecule has 2 aliphatic heterocycles. The lowest BCUT2D eigenvalue weighted by Gasteiger charge is -2.40. The molecular formula is C23H25BrFN5O2. The van der Waals surface area contributed by atoms with Gasteiger partial charge in [-0.1, -0.05) is 6.07 Å². The summed E-state index contributed by atoms with van der Waals surface area (Å²) in [6.07, 6.45) is 1.39. The van der Waals surface area contributed by atoms with Gasteiger partial charge in [-0.25, -0.2) is 14.4 Å². The molecule has 5 rings (SSSR count). The molecule has 0 aliphatic carbocycles. The van der Waals surface area contributed by atoms with Crippen molar-refractivity contribution in [3.05, 3.63) is 46.9 Å². The van der Waals surface area contributed by atoms with E-state index in [1.807, 2.05) is 12.1 Å². The molecule has 1 aromatic heterocycles. The van der Waals surface area contributed by atoms with Gasteiger partial charge in [0.2, 0.25) is 0 Å². The van der Waals surface area contributed by atoms with E-state index >= 15 is 0 Å². The summed E-state index contributed by atoms with van der Waals surface area (Å²) >= 11 is 3.22. The van der Waals surface area contributed by atoms with Gasteiger partial charge in [0.1, 0.15) is 24.9 Å². The third kappa shape index (κ3) is 4.24. The van der Waals surface area contributed by atoms with Crippen LogP contribution in [0.2, 0.25) is 0 Å². The largest absolute Gasteiger partial charge is 0.486 e. The molecule has 2 aliphatic rings. The number of benzene rings is 2. The van der Waals surface area contributed by atoms with Crippen LogP contribution in [-0.2, 0) is 0 Å². The maximum Gasteiger partial charge on any atom is 0.163 e. The quantitative estimate of drug-likeness (QED) is 0.578. The fourth-order valence-electron chi connectivity index (χ4n) is 4.29. The van der Waals surface area contributed by atoms with Crippen LogP contribution in [0.1, 0.15) is 6.92 Å². The van der Waals surface area contributed by atoms with Gasteiger partial charge >= 0.3 is 0 Å². The molecule has 1 N–H and O–H groups in total. The number of halogens is 2. The second-order valence-corrected chi connectivity index (χ2v) is 9.28. The van der Waals surface area contributed by atoms with Gasteiger partial charge in [0.25, 0.3) is 0 Å². The number of nitrogens with one attached hydrogen (secondary N) is 1. The molecule has 0 unspecified atom stereocenters. The smallest absolute Gasteiger partial charge is 0.163 e. The van der Waals surface area contributed by atoms with Crippen molar-refractivity contribution in [3.63, 3.8) is 0 Å². The first-order valence-corrected chi connectivity index (χ1v) is 11.5. The fourth-order valence-corrected chi connectivity index (χ4v) is 4.66. The van der Waals surface area contributed by atoms with Crippen LogP contribution in [0.5, 0.6) is 11.5 Å². The molecule has 168 valence electrons. The van der Waals surface area contributed by atoms with Gasteiger partial charge < -0.3 is 19.7 Å². The zero-order valence-electron chi connectivity index (χ0n) is 18.0. The normalized spacial score (nSPS) is 21.6. The van der Waals surface area contributed by atoms with Crippen molar-refractivity contribution in [1.29, 1.82) is 0 Å². The van der Waals surface area contributed by atoms with Crippen LogP contribution in [0.3, 0.4) is 0 Å². The van der Waals surface area contributed by atoms with Gasteiger partial charge in [-0.2, -0.15) is 0 Å². The third-order valence-corrected chi connectivity index (χ3v) is 6.64. The second kappa shape index (κ2) is 8.80. The standard InChI is InChI=1S/C23H25BrFN5O2/c1-14-10-29(2)6-7-30(14)11-15-12-31-20-9-19-16(8-21(20)32-15)23(27-13-26-19)28-18-5-3-4-17(24)22(18)25/h3-5,8-9,13-15H,6-7,10-12H2,1-2H3,(H,26,27,28)/t14-,15+/m1/s1. The highest BCUT2D eigenvalue weighted by molar-refractivity contribution is 9.10. The average molecular weight is 502 g/mol. The number of likely N-dealkylation sites (N-methyl/N-ethyl adjacent to an activating group) is 1. The predicted octanol–water partition coefficient (Wildman–Crippen LogP) is 4.05. The molecule has 2 atom stereocenters. The van der Waals surface area contributed by atoms with E-state index in [4.69, 9.17) is 9.47 Å². The molecule has 0 bridgehead atoms. The van der Waals surface area contributed by atoms with Crippen molar-refractivity contribution in [1.82, 2.24) is 19.8 Å². The Morgan fingerprint density at radius 3 is 2.94 bits per heavy atom. The van der Waals surface area contributed by atoms with Crippen LogP contribution in [-0.4, -0.2) is 71.7 Å².